The number of ether oxygens (including phenoxy) is 1. The minimum absolute atomic E-state index is 0.168. The summed E-state index contributed by atoms with van der Waals surface area (Å²) in [6.07, 6.45) is 1.98. The van der Waals surface area contributed by atoms with Crippen LogP contribution in [0.25, 0.3) is 10.9 Å². The van der Waals surface area contributed by atoms with E-state index >= 15 is 0 Å². The fraction of sp³-hybridized carbons (Fsp3) is 0.308. The maximum Gasteiger partial charge on any atom is 0.159 e. The van der Waals surface area contributed by atoms with Crippen LogP contribution < -0.4 is 4.74 Å². The van der Waals surface area contributed by atoms with Crippen LogP contribution >= 0.6 is 22.6 Å². The highest BCUT2D eigenvalue weighted by Crippen LogP contribution is 2.32. The summed E-state index contributed by atoms with van der Waals surface area (Å²) in [7, 11) is 0. The Morgan fingerprint density at radius 3 is 2.81 bits per heavy atom. The highest BCUT2D eigenvalue weighted by molar-refractivity contribution is 14.1. The molecule has 0 saturated carbocycles. The molecule has 0 aliphatic rings. The zero-order valence-corrected chi connectivity index (χ0v) is 11.8. The minimum atomic E-state index is 0.168. The lowest BCUT2D eigenvalue weighted by atomic mass is 10.1. The Hall–Kier alpha value is -0.840. The molecule has 0 spiro atoms. The summed E-state index contributed by atoms with van der Waals surface area (Å²) in [6, 6.07) is 6.19. The van der Waals surface area contributed by atoms with Crippen LogP contribution in [0.4, 0.5) is 0 Å². The van der Waals surface area contributed by atoms with Crippen LogP contribution in [0.3, 0.4) is 0 Å². The van der Waals surface area contributed by atoms with Crippen molar-refractivity contribution >= 4 is 33.5 Å². The second kappa shape index (κ2) is 4.57. The SMILES string of the molecule is Cc1cc(I)c(OC(C)C)c2ncccc12. The van der Waals surface area contributed by atoms with Gasteiger partial charge >= 0.3 is 0 Å². The quantitative estimate of drug-likeness (QED) is 0.780. The molecule has 0 aliphatic heterocycles. The van der Waals surface area contributed by atoms with Gasteiger partial charge in [0, 0.05) is 11.6 Å². The van der Waals surface area contributed by atoms with E-state index in [2.05, 4.69) is 46.6 Å². The van der Waals surface area contributed by atoms with Crippen molar-refractivity contribution in [3.05, 3.63) is 33.5 Å². The summed E-state index contributed by atoms with van der Waals surface area (Å²) >= 11 is 2.30. The van der Waals surface area contributed by atoms with Gasteiger partial charge in [-0.05, 0) is 61.1 Å². The van der Waals surface area contributed by atoms with Gasteiger partial charge in [-0.2, -0.15) is 0 Å². The fourth-order valence-corrected chi connectivity index (χ4v) is 2.55. The van der Waals surface area contributed by atoms with Crippen LogP contribution in [0.1, 0.15) is 19.4 Å². The molecule has 2 rings (SSSR count). The number of hydrogen-bond donors (Lipinski definition) is 0. The number of aryl methyl sites for hydroxylation is 1. The van der Waals surface area contributed by atoms with Crippen LogP contribution in [0, 0.1) is 10.5 Å². The van der Waals surface area contributed by atoms with Crippen LogP contribution in [0.15, 0.2) is 24.4 Å². The Morgan fingerprint density at radius 2 is 2.12 bits per heavy atom. The predicted octanol–water partition coefficient (Wildman–Crippen LogP) is 3.94. The first kappa shape index (κ1) is 11.6. The largest absolute Gasteiger partial charge is 0.488 e. The number of rotatable bonds is 2. The van der Waals surface area contributed by atoms with E-state index < -0.39 is 0 Å². The summed E-state index contributed by atoms with van der Waals surface area (Å²) < 4.78 is 6.96. The molecule has 0 saturated heterocycles. The number of nitrogens with zero attached hydrogens (tertiary/aromatic N) is 1. The molecule has 0 fully saturated rings. The van der Waals surface area contributed by atoms with Gasteiger partial charge in [-0.25, -0.2) is 0 Å². The molecule has 84 valence electrons. The molecule has 0 aliphatic carbocycles. The first-order valence-corrected chi connectivity index (χ1v) is 6.38. The smallest absolute Gasteiger partial charge is 0.159 e. The van der Waals surface area contributed by atoms with Gasteiger partial charge in [-0.3, -0.25) is 4.98 Å². The molecular weight excluding hydrogens is 313 g/mol. The van der Waals surface area contributed by atoms with Crippen molar-refractivity contribution in [2.45, 2.75) is 26.9 Å². The van der Waals surface area contributed by atoms with Crippen LogP contribution in [-0.2, 0) is 0 Å². The average molecular weight is 327 g/mol. The van der Waals surface area contributed by atoms with Crippen LogP contribution in [-0.4, -0.2) is 11.1 Å². The third-order valence-electron chi connectivity index (χ3n) is 2.36. The van der Waals surface area contributed by atoms with E-state index in [9.17, 15) is 0 Å². The van der Waals surface area contributed by atoms with E-state index in [1.54, 1.807) is 0 Å². The molecule has 0 atom stereocenters. The Bertz CT molecular complexity index is 523. The number of halogens is 1. The monoisotopic (exact) mass is 327 g/mol. The van der Waals surface area contributed by atoms with Crippen molar-refractivity contribution < 1.29 is 4.74 Å². The fourth-order valence-electron chi connectivity index (χ4n) is 1.70. The van der Waals surface area contributed by atoms with Gasteiger partial charge in [-0.1, -0.05) is 6.07 Å². The van der Waals surface area contributed by atoms with Gasteiger partial charge in [-0.15, -0.1) is 0 Å². The molecular formula is C13H14INO. The van der Waals surface area contributed by atoms with Crippen molar-refractivity contribution in [2.75, 3.05) is 0 Å². The maximum absolute atomic E-state index is 5.84. The van der Waals surface area contributed by atoms with Gasteiger partial charge in [0.1, 0.15) is 5.52 Å². The highest BCUT2D eigenvalue weighted by atomic mass is 127. The van der Waals surface area contributed by atoms with Crippen LogP contribution in [0.2, 0.25) is 0 Å². The minimum Gasteiger partial charge on any atom is -0.488 e. The Balaban J connectivity index is 2.71. The van der Waals surface area contributed by atoms with E-state index in [0.29, 0.717) is 0 Å². The van der Waals surface area contributed by atoms with Gasteiger partial charge in [0.25, 0.3) is 0 Å². The first-order valence-electron chi connectivity index (χ1n) is 5.30. The molecule has 0 N–H and O–H groups in total. The molecule has 2 nitrogen and oxygen atoms in total. The van der Waals surface area contributed by atoms with Crippen molar-refractivity contribution in [1.29, 1.82) is 0 Å². The standard InChI is InChI=1S/C13H14INO/c1-8(2)16-13-11(14)7-9(3)10-5-4-6-15-12(10)13/h4-8H,1-3H3. The summed E-state index contributed by atoms with van der Waals surface area (Å²) in [4.78, 5) is 4.43. The third-order valence-corrected chi connectivity index (χ3v) is 3.16. The zero-order valence-electron chi connectivity index (χ0n) is 9.62. The lowest BCUT2D eigenvalue weighted by Gasteiger charge is -2.14. The molecule has 3 heteroatoms. The molecule has 16 heavy (non-hydrogen) atoms. The third kappa shape index (κ3) is 2.14. The normalized spacial score (nSPS) is 11.1. The highest BCUT2D eigenvalue weighted by Gasteiger charge is 2.11. The van der Waals surface area contributed by atoms with E-state index in [1.807, 2.05) is 26.1 Å². The topological polar surface area (TPSA) is 22.1 Å². The van der Waals surface area contributed by atoms with Gasteiger partial charge < -0.3 is 4.74 Å². The number of hydrogen-bond acceptors (Lipinski definition) is 2. The molecule has 0 bridgehead atoms. The molecule has 0 amide bonds. The predicted molar refractivity (Wildman–Crippen MR) is 75.0 cm³/mol. The molecule has 2 aromatic rings. The average Bonchev–Trinajstić information content (AvgIpc) is 2.24. The lowest BCUT2D eigenvalue weighted by Crippen LogP contribution is -2.07. The summed E-state index contributed by atoms with van der Waals surface area (Å²) in [5.74, 6) is 0.900. The molecule has 1 aromatic heterocycles. The van der Waals surface area contributed by atoms with Crippen molar-refractivity contribution in [2.24, 2.45) is 0 Å². The maximum atomic E-state index is 5.84. The second-order valence-corrected chi connectivity index (χ2v) is 5.23. The lowest BCUT2D eigenvalue weighted by molar-refractivity contribution is 0.243. The number of fused-ring (bicyclic) bond motifs is 1. The molecule has 1 heterocycles. The Morgan fingerprint density at radius 1 is 1.38 bits per heavy atom. The summed E-state index contributed by atoms with van der Waals surface area (Å²) in [5.41, 5.74) is 2.20. The zero-order chi connectivity index (χ0) is 11.7. The summed E-state index contributed by atoms with van der Waals surface area (Å²) in [5, 5.41) is 1.17. The number of benzene rings is 1. The van der Waals surface area contributed by atoms with Gasteiger partial charge in [0.2, 0.25) is 0 Å². The van der Waals surface area contributed by atoms with Crippen molar-refractivity contribution in [3.63, 3.8) is 0 Å². The summed E-state index contributed by atoms with van der Waals surface area (Å²) in [6.45, 7) is 6.17. The van der Waals surface area contributed by atoms with Gasteiger partial charge in [0.05, 0.1) is 9.67 Å². The molecule has 0 unspecified atom stereocenters. The van der Waals surface area contributed by atoms with Crippen molar-refractivity contribution in [3.8, 4) is 5.75 Å². The van der Waals surface area contributed by atoms with E-state index in [4.69, 9.17) is 4.74 Å². The van der Waals surface area contributed by atoms with E-state index in [-0.39, 0.29) is 6.10 Å². The van der Waals surface area contributed by atoms with Crippen LogP contribution in [0.5, 0.6) is 5.75 Å². The molecule has 0 radical (unpaired) electrons. The van der Waals surface area contributed by atoms with Crippen molar-refractivity contribution in [1.82, 2.24) is 4.98 Å². The Labute approximate surface area is 109 Å². The van der Waals surface area contributed by atoms with E-state index in [1.165, 1.54) is 10.9 Å². The second-order valence-electron chi connectivity index (χ2n) is 4.07. The number of pyridine rings is 1. The van der Waals surface area contributed by atoms with E-state index in [0.717, 1.165) is 14.8 Å². The number of aromatic nitrogens is 1. The Kier molecular flexibility index (Phi) is 3.33. The molecule has 1 aromatic carbocycles. The van der Waals surface area contributed by atoms with Gasteiger partial charge in [0.15, 0.2) is 5.75 Å². The first-order chi connectivity index (χ1) is 7.59.